The van der Waals surface area contributed by atoms with Gasteiger partial charge in [-0.1, -0.05) is 20.8 Å². The molecule has 0 radical (unpaired) electrons. The zero-order valence-electron chi connectivity index (χ0n) is 12.0. The lowest BCUT2D eigenvalue weighted by molar-refractivity contribution is 0.0495. The van der Waals surface area contributed by atoms with Crippen molar-refractivity contribution >= 4 is 5.91 Å². The molecule has 2 aromatic rings. The van der Waals surface area contributed by atoms with Gasteiger partial charge in [0.25, 0.3) is 5.91 Å². The summed E-state index contributed by atoms with van der Waals surface area (Å²) in [6.45, 7) is 7.65. The second kappa shape index (κ2) is 4.47. The van der Waals surface area contributed by atoms with Gasteiger partial charge in [-0.2, -0.15) is 10.2 Å². The van der Waals surface area contributed by atoms with Gasteiger partial charge in [0.05, 0.1) is 6.04 Å². The molecule has 0 atom stereocenters. The number of aromatic amines is 1. The van der Waals surface area contributed by atoms with Crippen molar-refractivity contribution in [1.82, 2.24) is 24.9 Å². The van der Waals surface area contributed by atoms with Crippen LogP contribution in [0.25, 0.3) is 0 Å². The number of nitrogens with one attached hydrogen (secondary N) is 1. The third kappa shape index (κ3) is 2.21. The van der Waals surface area contributed by atoms with E-state index in [1.807, 2.05) is 23.0 Å². The van der Waals surface area contributed by atoms with Crippen molar-refractivity contribution in [2.24, 2.45) is 0 Å². The van der Waals surface area contributed by atoms with Gasteiger partial charge in [-0.15, -0.1) is 0 Å². The lowest BCUT2D eigenvalue weighted by atomic mass is 9.92. The molecule has 1 amide bonds. The Morgan fingerprint density at radius 2 is 2.15 bits per heavy atom. The maximum Gasteiger partial charge on any atom is 0.274 e. The Labute approximate surface area is 117 Å². The first-order chi connectivity index (χ1) is 9.45. The fraction of sp³-hybridized carbons (Fsp3) is 0.500. The van der Waals surface area contributed by atoms with Crippen molar-refractivity contribution in [3.63, 3.8) is 0 Å². The number of carbonyl (C=O) groups excluding carboxylic acids is 1. The molecule has 2 aromatic heterocycles. The Balaban J connectivity index is 1.65. The monoisotopic (exact) mass is 273 g/mol. The Hall–Kier alpha value is -2.11. The van der Waals surface area contributed by atoms with Crippen LogP contribution in [0.15, 0.2) is 24.5 Å². The molecule has 0 spiro atoms. The molecule has 106 valence electrons. The van der Waals surface area contributed by atoms with Gasteiger partial charge in [0, 0.05) is 36.6 Å². The number of likely N-dealkylation sites (tertiary alicyclic amines) is 1. The average Bonchev–Trinajstić information content (AvgIpc) is 2.97. The number of H-pyrrole nitrogens is 1. The van der Waals surface area contributed by atoms with Gasteiger partial charge in [0.15, 0.2) is 0 Å². The normalized spacial score (nSPS) is 16.2. The highest BCUT2D eigenvalue weighted by Crippen LogP contribution is 2.24. The van der Waals surface area contributed by atoms with Crippen LogP contribution in [-0.2, 0) is 5.41 Å². The number of rotatable bonds is 2. The summed E-state index contributed by atoms with van der Waals surface area (Å²) in [6, 6.07) is 4.03. The molecule has 1 fully saturated rings. The molecule has 0 unspecified atom stereocenters. The molecule has 0 bridgehead atoms. The first kappa shape index (κ1) is 12.9. The van der Waals surface area contributed by atoms with Crippen LogP contribution in [0.5, 0.6) is 0 Å². The van der Waals surface area contributed by atoms with E-state index in [0.29, 0.717) is 18.8 Å². The lowest BCUT2D eigenvalue weighted by Gasteiger charge is -2.38. The van der Waals surface area contributed by atoms with E-state index < -0.39 is 0 Å². The second-order valence-electron chi connectivity index (χ2n) is 6.27. The third-order valence-corrected chi connectivity index (χ3v) is 3.65. The minimum Gasteiger partial charge on any atom is -0.333 e. The molecule has 0 aromatic carbocycles. The van der Waals surface area contributed by atoms with Gasteiger partial charge in [-0.3, -0.25) is 14.6 Å². The van der Waals surface area contributed by atoms with Crippen molar-refractivity contribution < 1.29 is 4.79 Å². The van der Waals surface area contributed by atoms with Gasteiger partial charge < -0.3 is 4.90 Å². The summed E-state index contributed by atoms with van der Waals surface area (Å²) < 4.78 is 1.90. The minimum absolute atomic E-state index is 0.0137. The number of carbonyl (C=O) groups is 1. The molecular weight excluding hydrogens is 254 g/mol. The second-order valence-corrected chi connectivity index (χ2v) is 6.27. The number of amides is 1. The van der Waals surface area contributed by atoms with E-state index in [4.69, 9.17) is 0 Å². The molecule has 1 aliphatic rings. The van der Waals surface area contributed by atoms with Gasteiger partial charge in [0.2, 0.25) is 0 Å². The van der Waals surface area contributed by atoms with Crippen molar-refractivity contribution in [3.8, 4) is 0 Å². The third-order valence-electron chi connectivity index (χ3n) is 3.65. The molecule has 20 heavy (non-hydrogen) atoms. The predicted molar refractivity (Wildman–Crippen MR) is 74.5 cm³/mol. The van der Waals surface area contributed by atoms with Crippen LogP contribution in [0, 0.1) is 0 Å². The Morgan fingerprint density at radius 3 is 2.70 bits per heavy atom. The SMILES string of the molecule is CC(C)(C)c1cc(C(=O)N2CC(n3cccn3)C2)n[nH]1. The topological polar surface area (TPSA) is 66.8 Å². The molecule has 1 aliphatic heterocycles. The molecule has 1 saturated heterocycles. The molecule has 3 heterocycles. The van der Waals surface area contributed by atoms with Crippen LogP contribution in [-0.4, -0.2) is 43.9 Å². The van der Waals surface area contributed by atoms with E-state index >= 15 is 0 Å². The van der Waals surface area contributed by atoms with Gasteiger partial charge in [-0.05, 0) is 12.1 Å². The Bertz CT molecular complexity index is 602. The summed E-state index contributed by atoms with van der Waals surface area (Å²) in [5.41, 5.74) is 1.44. The van der Waals surface area contributed by atoms with Crippen LogP contribution < -0.4 is 0 Å². The summed E-state index contributed by atoms with van der Waals surface area (Å²) in [5, 5.41) is 11.3. The summed E-state index contributed by atoms with van der Waals surface area (Å²) in [4.78, 5) is 14.1. The first-order valence-electron chi connectivity index (χ1n) is 6.79. The molecule has 0 saturated carbocycles. The molecule has 1 N–H and O–H groups in total. The molecule has 3 rings (SSSR count). The van der Waals surface area contributed by atoms with Gasteiger partial charge in [-0.25, -0.2) is 0 Å². The van der Waals surface area contributed by atoms with E-state index in [0.717, 1.165) is 5.69 Å². The van der Waals surface area contributed by atoms with Gasteiger partial charge in [0.1, 0.15) is 5.69 Å². The number of nitrogens with zero attached hydrogens (tertiary/aromatic N) is 4. The molecular formula is C14H19N5O. The van der Waals surface area contributed by atoms with E-state index in [-0.39, 0.29) is 17.4 Å². The summed E-state index contributed by atoms with van der Waals surface area (Å²) in [7, 11) is 0. The van der Waals surface area contributed by atoms with Crippen LogP contribution in [0.2, 0.25) is 0 Å². The van der Waals surface area contributed by atoms with E-state index in [9.17, 15) is 4.79 Å². The summed E-state index contributed by atoms with van der Waals surface area (Å²) in [5.74, 6) is -0.0137. The van der Waals surface area contributed by atoms with Crippen molar-refractivity contribution in [3.05, 3.63) is 35.9 Å². The fourth-order valence-electron chi connectivity index (χ4n) is 2.26. The highest BCUT2D eigenvalue weighted by molar-refractivity contribution is 5.93. The summed E-state index contributed by atoms with van der Waals surface area (Å²) >= 11 is 0. The van der Waals surface area contributed by atoms with Crippen molar-refractivity contribution in [2.45, 2.75) is 32.2 Å². The Morgan fingerprint density at radius 1 is 1.40 bits per heavy atom. The van der Waals surface area contributed by atoms with Crippen LogP contribution in [0.1, 0.15) is 43.0 Å². The number of hydrogen-bond acceptors (Lipinski definition) is 3. The Kier molecular flexibility index (Phi) is 2.88. The zero-order valence-corrected chi connectivity index (χ0v) is 12.0. The number of hydrogen-bond donors (Lipinski definition) is 1. The molecule has 6 nitrogen and oxygen atoms in total. The average molecular weight is 273 g/mol. The van der Waals surface area contributed by atoms with E-state index in [1.165, 1.54) is 0 Å². The smallest absolute Gasteiger partial charge is 0.274 e. The maximum absolute atomic E-state index is 12.3. The minimum atomic E-state index is -0.0297. The summed E-state index contributed by atoms with van der Waals surface area (Å²) in [6.07, 6.45) is 3.69. The fourth-order valence-corrected chi connectivity index (χ4v) is 2.26. The van der Waals surface area contributed by atoms with E-state index in [2.05, 4.69) is 36.1 Å². The van der Waals surface area contributed by atoms with Gasteiger partial charge >= 0.3 is 0 Å². The predicted octanol–water partition coefficient (Wildman–Crippen LogP) is 1.60. The highest BCUT2D eigenvalue weighted by Gasteiger charge is 2.34. The zero-order chi connectivity index (χ0) is 14.3. The highest BCUT2D eigenvalue weighted by atomic mass is 16.2. The van der Waals surface area contributed by atoms with Crippen LogP contribution in [0.3, 0.4) is 0 Å². The number of aromatic nitrogens is 4. The lowest BCUT2D eigenvalue weighted by Crippen LogP contribution is -2.51. The largest absolute Gasteiger partial charge is 0.333 e. The molecule has 6 heteroatoms. The van der Waals surface area contributed by atoms with E-state index in [1.54, 1.807) is 11.1 Å². The van der Waals surface area contributed by atoms with Crippen molar-refractivity contribution in [2.75, 3.05) is 13.1 Å². The quantitative estimate of drug-likeness (QED) is 0.903. The molecule has 0 aliphatic carbocycles. The first-order valence-corrected chi connectivity index (χ1v) is 6.79. The van der Waals surface area contributed by atoms with Crippen LogP contribution in [0.4, 0.5) is 0 Å². The maximum atomic E-state index is 12.3. The van der Waals surface area contributed by atoms with Crippen LogP contribution >= 0.6 is 0 Å². The van der Waals surface area contributed by atoms with Crippen molar-refractivity contribution in [1.29, 1.82) is 0 Å². The standard InChI is InChI=1S/C14H19N5O/c1-14(2,3)12-7-11(16-17-12)13(20)18-8-10(9-18)19-6-4-5-15-19/h4-7,10H,8-9H2,1-3H3,(H,16,17).